The van der Waals surface area contributed by atoms with E-state index in [0.717, 1.165) is 44.9 Å². The molecule has 9 atom stereocenters. The van der Waals surface area contributed by atoms with Gasteiger partial charge in [0.05, 0.1) is 17.6 Å². The molecular formula is C22H32O5. The number of ketones is 1. The predicted octanol–water partition coefficient (Wildman–Crippen LogP) is 3.02. The summed E-state index contributed by atoms with van der Waals surface area (Å²) in [4.78, 5) is 23.6. The zero-order chi connectivity index (χ0) is 19.2. The maximum Gasteiger partial charge on any atom is 0.302 e. The maximum absolute atomic E-state index is 12.2. The summed E-state index contributed by atoms with van der Waals surface area (Å²) in [5.41, 5.74) is -1.25. The minimum Gasteiger partial charge on any atom is -0.463 e. The smallest absolute Gasteiger partial charge is 0.302 e. The molecule has 5 aliphatic rings. The first kappa shape index (κ1) is 18.1. The molecule has 5 rings (SSSR count). The largest absolute Gasteiger partial charge is 0.463 e. The molecule has 0 aromatic rings. The van der Waals surface area contributed by atoms with Crippen LogP contribution in [0.15, 0.2) is 0 Å². The van der Waals surface area contributed by atoms with Crippen LogP contribution in [-0.4, -0.2) is 40.3 Å². The summed E-state index contributed by atoms with van der Waals surface area (Å²) < 4.78 is 11.7. The van der Waals surface area contributed by atoms with Crippen molar-refractivity contribution in [3.8, 4) is 0 Å². The second kappa shape index (κ2) is 5.56. The number of hydrogen-bond acceptors (Lipinski definition) is 5. The fourth-order valence-electron chi connectivity index (χ4n) is 8.10. The SMILES string of the molecule is CC(=O)OC1CCC2(C)C(CCC3C2CC2OC24C(C(C)=O)CCC34O)C1. The van der Waals surface area contributed by atoms with Crippen molar-refractivity contribution in [1.82, 2.24) is 0 Å². The highest BCUT2D eigenvalue weighted by Crippen LogP contribution is 2.72. The molecule has 0 aromatic carbocycles. The van der Waals surface area contributed by atoms with Gasteiger partial charge in [0.25, 0.3) is 0 Å². The van der Waals surface area contributed by atoms with Gasteiger partial charge in [0, 0.05) is 6.92 Å². The first-order valence-corrected chi connectivity index (χ1v) is 10.8. The van der Waals surface area contributed by atoms with E-state index in [1.165, 1.54) is 6.92 Å². The van der Waals surface area contributed by atoms with E-state index in [9.17, 15) is 14.7 Å². The summed E-state index contributed by atoms with van der Waals surface area (Å²) in [6.45, 7) is 5.55. The van der Waals surface area contributed by atoms with E-state index >= 15 is 0 Å². The van der Waals surface area contributed by atoms with E-state index in [4.69, 9.17) is 9.47 Å². The third-order valence-electron chi connectivity index (χ3n) is 9.32. The number of ether oxygens (including phenoxy) is 2. The van der Waals surface area contributed by atoms with Crippen LogP contribution in [0.3, 0.4) is 0 Å². The summed E-state index contributed by atoms with van der Waals surface area (Å²) in [6.07, 6.45) is 7.51. The summed E-state index contributed by atoms with van der Waals surface area (Å²) >= 11 is 0. The fourth-order valence-corrected chi connectivity index (χ4v) is 8.10. The zero-order valence-electron chi connectivity index (χ0n) is 16.7. The van der Waals surface area contributed by atoms with Crippen LogP contribution in [0.4, 0.5) is 0 Å². The second-order valence-electron chi connectivity index (χ2n) is 10.3. The van der Waals surface area contributed by atoms with Crippen molar-refractivity contribution < 1.29 is 24.2 Å². The van der Waals surface area contributed by atoms with Crippen molar-refractivity contribution in [1.29, 1.82) is 0 Å². The number of esters is 1. The van der Waals surface area contributed by atoms with Crippen LogP contribution >= 0.6 is 0 Å². The highest BCUT2D eigenvalue weighted by Gasteiger charge is 2.82. The summed E-state index contributed by atoms with van der Waals surface area (Å²) in [7, 11) is 0. The van der Waals surface area contributed by atoms with Crippen LogP contribution in [0.2, 0.25) is 0 Å². The summed E-state index contributed by atoms with van der Waals surface area (Å²) in [5, 5.41) is 11.9. The Labute approximate surface area is 161 Å². The number of carbonyl (C=O) groups excluding carboxylic acids is 2. The molecule has 9 unspecified atom stereocenters. The predicted molar refractivity (Wildman–Crippen MR) is 97.8 cm³/mol. The molecule has 1 saturated heterocycles. The van der Waals surface area contributed by atoms with E-state index < -0.39 is 11.2 Å². The Bertz CT molecular complexity index is 690. The van der Waals surface area contributed by atoms with Gasteiger partial charge in [0.2, 0.25) is 0 Å². The minimum atomic E-state index is -0.836. The Balaban J connectivity index is 1.42. The van der Waals surface area contributed by atoms with Gasteiger partial charge in [-0.2, -0.15) is 0 Å². The molecule has 0 bridgehead atoms. The lowest BCUT2D eigenvalue weighted by atomic mass is 9.46. The molecular weight excluding hydrogens is 344 g/mol. The van der Waals surface area contributed by atoms with Gasteiger partial charge in [0.1, 0.15) is 17.5 Å². The molecule has 4 aliphatic carbocycles. The Morgan fingerprint density at radius 1 is 1.04 bits per heavy atom. The van der Waals surface area contributed by atoms with Crippen molar-refractivity contribution in [3.63, 3.8) is 0 Å². The van der Waals surface area contributed by atoms with E-state index in [2.05, 4.69) is 6.92 Å². The van der Waals surface area contributed by atoms with Crippen molar-refractivity contribution in [2.75, 3.05) is 0 Å². The number of epoxide rings is 1. The van der Waals surface area contributed by atoms with Gasteiger partial charge in [-0.25, -0.2) is 0 Å². The van der Waals surface area contributed by atoms with Crippen molar-refractivity contribution >= 4 is 11.8 Å². The highest BCUT2D eigenvalue weighted by molar-refractivity contribution is 5.81. The molecule has 0 aromatic heterocycles. The van der Waals surface area contributed by atoms with Gasteiger partial charge in [0.15, 0.2) is 0 Å². The first-order valence-electron chi connectivity index (χ1n) is 10.8. The van der Waals surface area contributed by atoms with Gasteiger partial charge in [-0.3, -0.25) is 9.59 Å². The van der Waals surface area contributed by atoms with Crippen molar-refractivity contribution in [3.05, 3.63) is 0 Å². The molecule has 5 nitrogen and oxygen atoms in total. The number of carbonyl (C=O) groups is 2. The number of aliphatic hydroxyl groups is 1. The Kier molecular flexibility index (Phi) is 3.73. The second-order valence-corrected chi connectivity index (χ2v) is 10.3. The van der Waals surface area contributed by atoms with Crippen LogP contribution < -0.4 is 0 Å². The molecule has 150 valence electrons. The lowest BCUT2D eigenvalue weighted by Gasteiger charge is -2.59. The molecule has 1 N–H and O–H groups in total. The average molecular weight is 376 g/mol. The average Bonchev–Trinajstić information content (AvgIpc) is 3.23. The van der Waals surface area contributed by atoms with Crippen LogP contribution in [0, 0.1) is 29.1 Å². The van der Waals surface area contributed by atoms with E-state index in [-0.39, 0.29) is 41.2 Å². The monoisotopic (exact) mass is 376 g/mol. The standard InChI is InChI=1S/C22H32O5/c1-12(23)16-7-9-21(25)17-5-4-14-10-15(26-13(2)24)6-8-20(14,3)18(17)11-19-22(16,21)27-19/h14-19,25H,4-11H2,1-3H3. The Morgan fingerprint density at radius 3 is 2.52 bits per heavy atom. The molecule has 5 heteroatoms. The zero-order valence-corrected chi connectivity index (χ0v) is 16.7. The molecule has 0 radical (unpaired) electrons. The van der Waals surface area contributed by atoms with Gasteiger partial charge in [-0.15, -0.1) is 0 Å². The van der Waals surface area contributed by atoms with E-state index in [1.807, 2.05) is 0 Å². The van der Waals surface area contributed by atoms with Gasteiger partial charge in [-0.1, -0.05) is 6.92 Å². The molecule has 1 heterocycles. The molecule has 1 spiro atoms. The quantitative estimate of drug-likeness (QED) is 0.592. The van der Waals surface area contributed by atoms with E-state index in [0.29, 0.717) is 18.3 Å². The van der Waals surface area contributed by atoms with Crippen LogP contribution in [-0.2, 0) is 19.1 Å². The number of fused-ring (bicyclic) bond motifs is 4. The molecule has 27 heavy (non-hydrogen) atoms. The third-order valence-corrected chi connectivity index (χ3v) is 9.32. The van der Waals surface area contributed by atoms with Crippen molar-refractivity contribution in [2.24, 2.45) is 29.1 Å². The molecule has 0 amide bonds. The summed E-state index contributed by atoms with van der Waals surface area (Å²) in [5.74, 6) is 1.07. The number of Topliss-reactive ketones (excluding diaryl/α,β-unsaturated/α-hetero) is 1. The molecule has 5 fully saturated rings. The normalized spacial score (nSPS) is 55.6. The topological polar surface area (TPSA) is 76.1 Å². The highest BCUT2D eigenvalue weighted by atomic mass is 16.6. The first-order chi connectivity index (χ1) is 12.7. The van der Waals surface area contributed by atoms with Crippen molar-refractivity contribution in [2.45, 2.75) is 95.5 Å². The van der Waals surface area contributed by atoms with Gasteiger partial charge in [-0.05, 0) is 81.5 Å². The van der Waals surface area contributed by atoms with E-state index in [1.54, 1.807) is 6.92 Å². The Morgan fingerprint density at radius 2 is 1.81 bits per heavy atom. The fraction of sp³-hybridized carbons (Fsp3) is 0.909. The number of rotatable bonds is 2. The maximum atomic E-state index is 12.2. The minimum absolute atomic E-state index is 0.0434. The molecule has 1 aliphatic heterocycles. The van der Waals surface area contributed by atoms with Gasteiger partial charge >= 0.3 is 5.97 Å². The number of hydrogen-bond donors (Lipinski definition) is 1. The van der Waals surface area contributed by atoms with Crippen LogP contribution in [0.1, 0.15) is 72.1 Å². The summed E-state index contributed by atoms with van der Waals surface area (Å²) in [6, 6.07) is 0. The molecule has 4 saturated carbocycles. The third kappa shape index (κ3) is 2.19. The Hall–Kier alpha value is -0.940. The lowest BCUT2D eigenvalue weighted by molar-refractivity contribution is -0.176. The van der Waals surface area contributed by atoms with Crippen LogP contribution in [0.5, 0.6) is 0 Å². The van der Waals surface area contributed by atoms with Crippen LogP contribution in [0.25, 0.3) is 0 Å². The lowest BCUT2D eigenvalue weighted by Crippen LogP contribution is -2.63. The van der Waals surface area contributed by atoms with Gasteiger partial charge < -0.3 is 14.6 Å².